The largest absolute Gasteiger partial charge is 0.573 e. The number of anilines is 1. The number of alkyl halides is 3. The van der Waals surface area contributed by atoms with E-state index in [0.29, 0.717) is 21.3 Å². The molecular formula is C13H8Cl2F3N3O. The molecule has 1 aromatic carbocycles. The molecule has 0 saturated heterocycles. The second kappa shape index (κ2) is 6.85. The Morgan fingerprint density at radius 3 is 2.23 bits per heavy atom. The van der Waals surface area contributed by atoms with E-state index in [1.807, 2.05) is 0 Å². The van der Waals surface area contributed by atoms with E-state index in [1.165, 1.54) is 42.9 Å². The summed E-state index contributed by atoms with van der Waals surface area (Å²) >= 11 is 11.8. The van der Waals surface area contributed by atoms with Gasteiger partial charge < -0.3 is 4.74 Å². The number of halogens is 5. The predicted molar refractivity (Wildman–Crippen MR) is 78.6 cm³/mol. The highest BCUT2D eigenvalue weighted by Gasteiger charge is 2.30. The molecule has 0 saturated carbocycles. The van der Waals surface area contributed by atoms with Gasteiger partial charge in [0, 0.05) is 12.4 Å². The summed E-state index contributed by atoms with van der Waals surface area (Å²) in [5.41, 5.74) is 3.58. The molecule has 0 aliphatic rings. The molecule has 22 heavy (non-hydrogen) atoms. The zero-order valence-electron chi connectivity index (χ0n) is 10.7. The molecule has 1 heterocycles. The van der Waals surface area contributed by atoms with E-state index in [0.717, 1.165) is 0 Å². The minimum atomic E-state index is -4.72. The molecule has 2 rings (SSSR count). The lowest BCUT2D eigenvalue weighted by Gasteiger charge is -2.08. The van der Waals surface area contributed by atoms with Crippen LogP contribution in [0.5, 0.6) is 5.75 Å². The molecule has 0 radical (unpaired) electrons. The van der Waals surface area contributed by atoms with Crippen LogP contribution in [-0.2, 0) is 0 Å². The second-order valence-electron chi connectivity index (χ2n) is 3.96. The van der Waals surface area contributed by atoms with Gasteiger partial charge in [-0.05, 0) is 29.8 Å². The van der Waals surface area contributed by atoms with Gasteiger partial charge in [-0.1, -0.05) is 23.2 Å². The first-order chi connectivity index (χ1) is 10.3. The van der Waals surface area contributed by atoms with Crippen LogP contribution in [0.2, 0.25) is 10.0 Å². The van der Waals surface area contributed by atoms with Gasteiger partial charge in [-0.2, -0.15) is 5.10 Å². The lowest BCUT2D eigenvalue weighted by atomic mass is 10.2. The maximum absolute atomic E-state index is 12.0. The van der Waals surface area contributed by atoms with Crippen molar-refractivity contribution in [3.05, 3.63) is 52.3 Å². The average Bonchev–Trinajstić information content (AvgIpc) is 2.42. The van der Waals surface area contributed by atoms with Crippen LogP contribution in [0.4, 0.5) is 18.9 Å². The van der Waals surface area contributed by atoms with E-state index in [4.69, 9.17) is 23.2 Å². The highest BCUT2D eigenvalue weighted by Crippen LogP contribution is 2.28. The number of pyridine rings is 1. The molecule has 1 aromatic heterocycles. The van der Waals surface area contributed by atoms with Crippen molar-refractivity contribution in [3.8, 4) is 5.75 Å². The van der Waals surface area contributed by atoms with Crippen LogP contribution in [-0.4, -0.2) is 17.6 Å². The minimum Gasteiger partial charge on any atom is -0.406 e. The summed E-state index contributed by atoms with van der Waals surface area (Å²) in [7, 11) is 0. The molecule has 9 heteroatoms. The van der Waals surface area contributed by atoms with Crippen LogP contribution in [0.25, 0.3) is 0 Å². The summed E-state index contributed by atoms with van der Waals surface area (Å²) in [6.07, 6.45) is -0.528. The zero-order valence-corrected chi connectivity index (χ0v) is 12.2. The van der Waals surface area contributed by atoms with Crippen LogP contribution in [0.15, 0.2) is 41.8 Å². The van der Waals surface area contributed by atoms with Crippen LogP contribution in [0, 0.1) is 0 Å². The molecular weight excluding hydrogens is 342 g/mol. The number of ether oxygens (including phenoxy) is 1. The molecule has 1 N–H and O–H groups in total. The maximum Gasteiger partial charge on any atom is 0.573 e. The normalized spacial score (nSPS) is 11.7. The van der Waals surface area contributed by atoms with Gasteiger partial charge in [0.2, 0.25) is 0 Å². The summed E-state index contributed by atoms with van der Waals surface area (Å²) in [6.45, 7) is 0. The third-order valence-corrected chi connectivity index (χ3v) is 2.93. The number of rotatable bonds is 4. The number of benzene rings is 1. The van der Waals surface area contributed by atoms with Crippen LogP contribution < -0.4 is 10.2 Å². The van der Waals surface area contributed by atoms with Gasteiger partial charge in [0.25, 0.3) is 0 Å². The van der Waals surface area contributed by atoms with E-state index >= 15 is 0 Å². The molecule has 0 bridgehead atoms. The Bertz CT molecular complexity index is 655. The highest BCUT2D eigenvalue weighted by atomic mass is 35.5. The van der Waals surface area contributed by atoms with Crippen LogP contribution in [0.3, 0.4) is 0 Å². The van der Waals surface area contributed by atoms with Crippen LogP contribution >= 0.6 is 23.2 Å². The van der Waals surface area contributed by atoms with Crippen molar-refractivity contribution < 1.29 is 17.9 Å². The third kappa shape index (κ3) is 4.78. The van der Waals surface area contributed by atoms with E-state index in [9.17, 15) is 13.2 Å². The first kappa shape index (κ1) is 16.4. The maximum atomic E-state index is 12.0. The Labute approximate surface area is 133 Å². The van der Waals surface area contributed by atoms with Gasteiger partial charge in [-0.15, -0.1) is 13.2 Å². The Morgan fingerprint density at radius 1 is 1.09 bits per heavy atom. The highest BCUT2D eigenvalue weighted by molar-refractivity contribution is 6.38. The Balaban J connectivity index is 2.02. The van der Waals surface area contributed by atoms with Gasteiger partial charge in [0.05, 0.1) is 21.9 Å². The molecule has 0 spiro atoms. The molecule has 116 valence electrons. The fraction of sp³-hybridized carbons (Fsp3) is 0.0769. The minimum absolute atomic E-state index is 0.290. The molecule has 0 aliphatic heterocycles. The first-order valence-corrected chi connectivity index (χ1v) is 6.54. The Kier molecular flexibility index (Phi) is 5.10. The molecule has 0 aliphatic carbocycles. The van der Waals surface area contributed by atoms with Crippen molar-refractivity contribution in [2.75, 3.05) is 5.43 Å². The summed E-state index contributed by atoms with van der Waals surface area (Å²) in [6, 6.07) is 5.20. The third-order valence-electron chi connectivity index (χ3n) is 2.36. The Morgan fingerprint density at radius 2 is 1.68 bits per heavy atom. The fourth-order valence-electron chi connectivity index (χ4n) is 1.45. The van der Waals surface area contributed by atoms with Crippen molar-refractivity contribution in [1.82, 2.24) is 4.98 Å². The number of aromatic nitrogens is 1. The smallest absolute Gasteiger partial charge is 0.406 e. The van der Waals surface area contributed by atoms with E-state index in [-0.39, 0.29) is 5.75 Å². The van der Waals surface area contributed by atoms with Gasteiger partial charge >= 0.3 is 6.36 Å². The Hall–Kier alpha value is -1.99. The van der Waals surface area contributed by atoms with Crippen molar-refractivity contribution in [1.29, 1.82) is 0 Å². The van der Waals surface area contributed by atoms with Gasteiger partial charge in [-0.3, -0.25) is 10.4 Å². The average molecular weight is 350 g/mol. The number of hydrogen-bond donors (Lipinski definition) is 1. The second-order valence-corrected chi connectivity index (χ2v) is 4.78. The van der Waals surface area contributed by atoms with E-state index < -0.39 is 6.36 Å². The number of nitrogens with one attached hydrogen (secondary N) is 1. The molecule has 0 fully saturated rings. The topological polar surface area (TPSA) is 46.5 Å². The van der Waals surface area contributed by atoms with Crippen molar-refractivity contribution in [2.24, 2.45) is 5.10 Å². The standard InChI is InChI=1S/C13H8Cl2F3N3O/c14-10-6-19-7-11(15)12(10)21-20-5-8-1-3-9(4-2-8)22-13(16,17)18/h1-7H,(H,19,21). The summed E-state index contributed by atoms with van der Waals surface area (Å²) in [5.74, 6) is -0.308. The molecule has 0 unspecified atom stereocenters. The molecule has 4 nitrogen and oxygen atoms in total. The lowest BCUT2D eigenvalue weighted by Crippen LogP contribution is -2.17. The molecule has 0 amide bonds. The molecule has 2 aromatic rings. The van der Waals surface area contributed by atoms with Gasteiger partial charge in [0.15, 0.2) is 0 Å². The number of nitrogens with zero attached hydrogens (tertiary/aromatic N) is 2. The van der Waals surface area contributed by atoms with E-state index in [2.05, 4.69) is 20.2 Å². The zero-order chi connectivity index (χ0) is 16.2. The fourth-order valence-corrected chi connectivity index (χ4v) is 1.89. The van der Waals surface area contributed by atoms with Crippen LogP contribution in [0.1, 0.15) is 5.56 Å². The SMILES string of the molecule is FC(F)(F)Oc1ccc(C=NNc2c(Cl)cncc2Cl)cc1. The van der Waals surface area contributed by atoms with Gasteiger partial charge in [-0.25, -0.2) is 0 Å². The lowest BCUT2D eigenvalue weighted by molar-refractivity contribution is -0.274. The summed E-state index contributed by atoms with van der Waals surface area (Å²) < 4.78 is 39.8. The predicted octanol–water partition coefficient (Wildman–Crippen LogP) is 4.73. The monoisotopic (exact) mass is 349 g/mol. The van der Waals surface area contributed by atoms with Crippen molar-refractivity contribution in [2.45, 2.75) is 6.36 Å². The van der Waals surface area contributed by atoms with Gasteiger partial charge in [0.1, 0.15) is 5.75 Å². The first-order valence-electron chi connectivity index (χ1n) is 5.79. The summed E-state index contributed by atoms with van der Waals surface area (Å²) in [5, 5.41) is 4.48. The van der Waals surface area contributed by atoms with Crippen molar-refractivity contribution >= 4 is 35.1 Å². The van der Waals surface area contributed by atoms with Crippen molar-refractivity contribution in [3.63, 3.8) is 0 Å². The molecule has 0 atom stereocenters. The summed E-state index contributed by atoms with van der Waals surface area (Å²) in [4.78, 5) is 3.79. The number of hydrazone groups is 1. The number of hydrogen-bond acceptors (Lipinski definition) is 4. The van der Waals surface area contributed by atoms with E-state index in [1.54, 1.807) is 0 Å². The quantitative estimate of drug-likeness (QED) is 0.640.